The van der Waals surface area contributed by atoms with E-state index in [-0.39, 0.29) is 0 Å². The zero-order valence-corrected chi connectivity index (χ0v) is 12.8. The Kier molecular flexibility index (Phi) is 5.39. The Labute approximate surface area is 119 Å². The van der Waals surface area contributed by atoms with Gasteiger partial charge in [-0.15, -0.1) is 0 Å². The number of rotatable bonds is 1. The van der Waals surface area contributed by atoms with Gasteiger partial charge in [0.2, 0.25) is 0 Å². The molecule has 0 nitrogen and oxygen atoms in total. The Balaban J connectivity index is 1.93. The van der Waals surface area contributed by atoms with Crippen LogP contribution >= 0.6 is 0 Å². The molecule has 2 rings (SSSR count). The molecular formula is C19H28. The second-order valence-electron chi connectivity index (χ2n) is 6.82. The third-order valence-corrected chi connectivity index (χ3v) is 5.41. The first-order chi connectivity index (χ1) is 9.20. The van der Waals surface area contributed by atoms with E-state index >= 15 is 0 Å². The van der Waals surface area contributed by atoms with E-state index < -0.39 is 0 Å². The Morgan fingerprint density at radius 2 is 1.47 bits per heavy atom. The van der Waals surface area contributed by atoms with Crippen molar-refractivity contribution in [3.63, 3.8) is 0 Å². The highest BCUT2D eigenvalue weighted by atomic mass is 14.4. The van der Waals surface area contributed by atoms with Gasteiger partial charge in [0.05, 0.1) is 0 Å². The molecule has 0 aliphatic heterocycles. The van der Waals surface area contributed by atoms with E-state index in [0.717, 1.165) is 23.7 Å². The predicted octanol–water partition coefficient (Wildman–Crippen LogP) is 4.89. The predicted molar refractivity (Wildman–Crippen MR) is 82.3 cm³/mol. The van der Waals surface area contributed by atoms with Crippen molar-refractivity contribution in [2.75, 3.05) is 0 Å². The maximum absolute atomic E-state index is 3.43. The Hall–Kier alpha value is -0.880. The fraction of sp³-hybridized carbons (Fsp3) is 0.789. The van der Waals surface area contributed by atoms with E-state index in [1.54, 1.807) is 0 Å². The molecule has 2 aliphatic carbocycles. The fourth-order valence-electron chi connectivity index (χ4n) is 3.93. The molecule has 0 aromatic carbocycles. The highest BCUT2D eigenvalue weighted by molar-refractivity contribution is 5.26. The average Bonchev–Trinajstić information content (AvgIpc) is 2.42. The van der Waals surface area contributed by atoms with E-state index in [1.165, 1.54) is 44.9 Å². The van der Waals surface area contributed by atoms with Gasteiger partial charge in [-0.1, -0.05) is 38.5 Å². The van der Waals surface area contributed by atoms with Crippen molar-refractivity contribution in [3.8, 4) is 23.7 Å². The summed E-state index contributed by atoms with van der Waals surface area (Å²) in [5, 5.41) is 0. The first-order valence-corrected chi connectivity index (χ1v) is 8.13. The SMILES string of the molecule is CC#CC#CC1CC(C2CCC(C)CC2)CCC1C. The largest absolute Gasteiger partial charge is 0.0925 e. The summed E-state index contributed by atoms with van der Waals surface area (Å²) in [6.07, 6.45) is 9.99. The molecule has 0 heterocycles. The zero-order chi connectivity index (χ0) is 13.7. The highest BCUT2D eigenvalue weighted by Gasteiger charge is 2.32. The summed E-state index contributed by atoms with van der Waals surface area (Å²) in [4.78, 5) is 0. The number of hydrogen-bond acceptors (Lipinski definition) is 0. The molecule has 3 unspecified atom stereocenters. The lowest BCUT2D eigenvalue weighted by Crippen LogP contribution is -2.29. The molecule has 0 saturated heterocycles. The van der Waals surface area contributed by atoms with Crippen LogP contribution < -0.4 is 0 Å². The third kappa shape index (κ3) is 4.04. The lowest BCUT2D eigenvalue weighted by atomic mass is 9.66. The molecule has 0 heteroatoms. The van der Waals surface area contributed by atoms with Crippen LogP contribution in [0, 0.1) is 53.3 Å². The van der Waals surface area contributed by atoms with Crippen molar-refractivity contribution in [2.45, 2.75) is 65.7 Å². The van der Waals surface area contributed by atoms with Crippen LogP contribution in [0.15, 0.2) is 0 Å². The molecule has 19 heavy (non-hydrogen) atoms. The van der Waals surface area contributed by atoms with Crippen LogP contribution in [0.5, 0.6) is 0 Å². The Morgan fingerprint density at radius 1 is 0.789 bits per heavy atom. The van der Waals surface area contributed by atoms with Gasteiger partial charge in [0.15, 0.2) is 0 Å². The van der Waals surface area contributed by atoms with E-state index in [0.29, 0.717) is 5.92 Å². The quantitative estimate of drug-likeness (QED) is 0.586. The van der Waals surface area contributed by atoms with Crippen LogP contribution in [-0.2, 0) is 0 Å². The van der Waals surface area contributed by atoms with E-state index in [1.807, 2.05) is 6.92 Å². The summed E-state index contributed by atoms with van der Waals surface area (Å²) in [6.45, 7) is 6.65. The minimum absolute atomic E-state index is 0.596. The van der Waals surface area contributed by atoms with Gasteiger partial charge in [-0.25, -0.2) is 0 Å². The molecule has 2 aliphatic rings. The lowest BCUT2D eigenvalue weighted by molar-refractivity contribution is 0.133. The molecule has 0 radical (unpaired) electrons. The van der Waals surface area contributed by atoms with E-state index in [2.05, 4.69) is 37.5 Å². The van der Waals surface area contributed by atoms with Crippen molar-refractivity contribution in [2.24, 2.45) is 29.6 Å². The Morgan fingerprint density at radius 3 is 2.16 bits per heavy atom. The van der Waals surface area contributed by atoms with Crippen LogP contribution in [-0.4, -0.2) is 0 Å². The van der Waals surface area contributed by atoms with Gasteiger partial charge in [-0.3, -0.25) is 0 Å². The molecule has 0 spiro atoms. The van der Waals surface area contributed by atoms with E-state index in [4.69, 9.17) is 0 Å². The van der Waals surface area contributed by atoms with Crippen molar-refractivity contribution in [1.29, 1.82) is 0 Å². The molecule has 0 aromatic rings. The van der Waals surface area contributed by atoms with Crippen molar-refractivity contribution in [3.05, 3.63) is 0 Å². The number of hydrogen-bond donors (Lipinski definition) is 0. The van der Waals surface area contributed by atoms with Crippen LogP contribution in [0.1, 0.15) is 65.7 Å². The second kappa shape index (κ2) is 7.05. The molecule has 0 aromatic heterocycles. The van der Waals surface area contributed by atoms with Crippen LogP contribution in [0.25, 0.3) is 0 Å². The van der Waals surface area contributed by atoms with Crippen LogP contribution in [0.4, 0.5) is 0 Å². The highest BCUT2D eigenvalue weighted by Crippen LogP contribution is 2.43. The monoisotopic (exact) mass is 256 g/mol. The fourth-order valence-corrected chi connectivity index (χ4v) is 3.93. The minimum atomic E-state index is 0.596. The molecule has 2 fully saturated rings. The van der Waals surface area contributed by atoms with Gasteiger partial charge in [0.25, 0.3) is 0 Å². The average molecular weight is 256 g/mol. The van der Waals surface area contributed by atoms with Gasteiger partial charge < -0.3 is 0 Å². The van der Waals surface area contributed by atoms with Crippen molar-refractivity contribution < 1.29 is 0 Å². The summed E-state index contributed by atoms with van der Waals surface area (Å²) in [5.74, 6) is 16.5. The summed E-state index contributed by atoms with van der Waals surface area (Å²) >= 11 is 0. The van der Waals surface area contributed by atoms with Gasteiger partial charge >= 0.3 is 0 Å². The van der Waals surface area contributed by atoms with Gasteiger partial charge in [0.1, 0.15) is 0 Å². The van der Waals surface area contributed by atoms with Crippen molar-refractivity contribution in [1.82, 2.24) is 0 Å². The summed E-state index contributed by atoms with van der Waals surface area (Å²) < 4.78 is 0. The first-order valence-electron chi connectivity index (χ1n) is 8.13. The van der Waals surface area contributed by atoms with Gasteiger partial charge in [-0.2, -0.15) is 0 Å². The summed E-state index contributed by atoms with van der Waals surface area (Å²) in [7, 11) is 0. The standard InChI is InChI=1S/C19H28/c1-4-5-6-7-18-14-19(13-10-16(18)3)17-11-8-15(2)9-12-17/h15-19H,8-14H2,1-3H3. The lowest BCUT2D eigenvalue weighted by Gasteiger charge is -2.39. The zero-order valence-electron chi connectivity index (χ0n) is 12.8. The molecule has 0 bridgehead atoms. The molecular weight excluding hydrogens is 228 g/mol. The molecule has 3 atom stereocenters. The molecule has 0 amide bonds. The van der Waals surface area contributed by atoms with Gasteiger partial charge in [-0.05, 0) is 74.5 Å². The summed E-state index contributed by atoms with van der Waals surface area (Å²) in [5.41, 5.74) is 0. The van der Waals surface area contributed by atoms with Crippen LogP contribution in [0.3, 0.4) is 0 Å². The second-order valence-corrected chi connectivity index (χ2v) is 6.82. The molecule has 104 valence electrons. The topological polar surface area (TPSA) is 0 Å². The van der Waals surface area contributed by atoms with Crippen LogP contribution in [0.2, 0.25) is 0 Å². The normalized spacial score (nSPS) is 38.6. The van der Waals surface area contributed by atoms with Crippen molar-refractivity contribution >= 4 is 0 Å². The smallest absolute Gasteiger partial charge is 0.0241 e. The first kappa shape index (κ1) is 14.5. The van der Waals surface area contributed by atoms with Gasteiger partial charge in [0, 0.05) is 5.92 Å². The third-order valence-electron chi connectivity index (χ3n) is 5.41. The molecule has 0 N–H and O–H groups in total. The minimum Gasteiger partial charge on any atom is -0.0925 e. The maximum atomic E-state index is 3.43. The summed E-state index contributed by atoms with van der Waals surface area (Å²) in [6, 6.07) is 0. The maximum Gasteiger partial charge on any atom is 0.0241 e. The van der Waals surface area contributed by atoms with E-state index in [9.17, 15) is 0 Å². The molecule has 2 saturated carbocycles. The Bertz CT molecular complexity index is 389.